The van der Waals surface area contributed by atoms with Crippen LogP contribution < -0.4 is 5.32 Å². The Bertz CT molecular complexity index is 506. The van der Waals surface area contributed by atoms with Crippen molar-refractivity contribution in [2.75, 3.05) is 6.54 Å². The van der Waals surface area contributed by atoms with E-state index in [-0.39, 0.29) is 0 Å². The zero-order chi connectivity index (χ0) is 12.4. The van der Waals surface area contributed by atoms with E-state index in [1.165, 1.54) is 11.1 Å². The number of benzene rings is 1. The maximum atomic E-state index is 4.31. The molecular weight excluding hydrogens is 224 g/mol. The van der Waals surface area contributed by atoms with Gasteiger partial charge in [-0.05, 0) is 30.5 Å². The van der Waals surface area contributed by atoms with Gasteiger partial charge >= 0.3 is 0 Å². The van der Waals surface area contributed by atoms with Crippen LogP contribution in [0.15, 0.2) is 36.9 Å². The highest BCUT2D eigenvalue weighted by molar-refractivity contribution is 5.36. The fourth-order valence-corrected chi connectivity index (χ4v) is 2.75. The van der Waals surface area contributed by atoms with Crippen LogP contribution in [0.1, 0.15) is 36.6 Å². The minimum atomic E-state index is 0.344. The summed E-state index contributed by atoms with van der Waals surface area (Å²) in [5.41, 5.74) is 2.83. The Labute approximate surface area is 107 Å². The lowest BCUT2D eigenvalue weighted by atomic mass is 10.1. The molecule has 18 heavy (non-hydrogen) atoms. The van der Waals surface area contributed by atoms with Gasteiger partial charge in [-0.3, -0.25) is 0 Å². The summed E-state index contributed by atoms with van der Waals surface area (Å²) in [5, 5.41) is 7.94. The summed E-state index contributed by atoms with van der Waals surface area (Å²) in [4.78, 5) is 4.07. The Balaban J connectivity index is 1.92. The minimum Gasteiger partial charge on any atom is -0.308 e. The van der Waals surface area contributed by atoms with E-state index in [9.17, 15) is 0 Å². The predicted octanol–water partition coefficient (Wildman–Crippen LogP) is 2.12. The standard InChI is InChI=1S/C14H18N4/c1-2-7-16-14-12-6-4-3-5-11(12)8-13(14)18-10-15-9-17-18/h3-6,9-10,13-14,16H,2,7-8H2,1H3. The second-order valence-corrected chi connectivity index (χ2v) is 4.78. The number of nitrogens with zero attached hydrogens (tertiary/aromatic N) is 3. The number of aromatic nitrogens is 3. The fourth-order valence-electron chi connectivity index (χ4n) is 2.75. The maximum Gasteiger partial charge on any atom is 0.137 e. The first kappa shape index (κ1) is 11.4. The van der Waals surface area contributed by atoms with Crippen molar-refractivity contribution >= 4 is 0 Å². The largest absolute Gasteiger partial charge is 0.308 e. The molecule has 0 spiro atoms. The molecule has 0 bridgehead atoms. The third-order valence-electron chi connectivity index (χ3n) is 3.59. The first-order chi connectivity index (χ1) is 8.90. The van der Waals surface area contributed by atoms with Crippen molar-refractivity contribution in [1.82, 2.24) is 20.1 Å². The Morgan fingerprint density at radius 2 is 2.28 bits per heavy atom. The van der Waals surface area contributed by atoms with Gasteiger partial charge in [0.1, 0.15) is 12.7 Å². The smallest absolute Gasteiger partial charge is 0.137 e. The van der Waals surface area contributed by atoms with Gasteiger partial charge in [0.05, 0.1) is 12.1 Å². The van der Waals surface area contributed by atoms with E-state index in [1.54, 1.807) is 6.33 Å². The third kappa shape index (κ3) is 1.93. The van der Waals surface area contributed by atoms with Crippen molar-refractivity contribution in [3.05, 3.63) is 48.0 Å². The molecule has 2 aromatic rings. The summed E-state index contributed by atoms with van der Waals surface area (Å²) in [7, 11) is 0. The summed E-state index contributed by atoms with van der Waals surface area (Å²) in [6.45, 7) is 3.22. The van der Waals surface area contributed by atoms with E-state index in [2.05, 4.69) is 46.6 Å². The van der Waals surface area contributed by atoms with Crippen LogP contribution in [0.4, 0.5) is 0 Å². The van der Waals surface area contributed by atoms with Gasteiger partial charge in [-0.2, -0.15) is 5.10 Å². The number of fused-ring (bicyclic) bond motifs is 1. The zero-order valence-corrected chi connectivity index (χ0v) is 10.6. The van der Waals surface area contributed by atoms with Crippen LogP contribution in [-0.4, -0.2) is 21.3 Å². The second kappa shape index (κ2) is 4.90. The molecule has 0 amide bonds. The van der Waals surface area contributed by atoms with Crippen molar-refractivity contribution < 1.29 is 0 Å². The van der Waals surface area contributed by atoms with Gasteiger partial charge in [0.25, 0.3) is 0 Å². The van der Waals surface area contributed by atoms with Crippen molar-refractivity contribution in [3.63, 3.8) is 0 Å². The first-order valence-electron chi connectivity index (χ1n) is 6.55. The molecule has 0 fully saturated rings. The van der Waals surface area contributed by atoms with E-state index in [1.807, 2.05) is 11.0 Å². The summed E-state index contributed by atoms with van der Waals surface area (Å²) in [6, 6.07) is 9.36. The highest BCUT2D eigenvalue weighted by Crippen LogP contribution is 2.38. The normalized spacial score (nSPS) is 22.1. The molecule has 0 radical (unpaired) electrons. The van der Waals surface area contributed by atoms with Crippen LogP contribution in [-0.2, 0) is 6.42 Å². The average Bonchev–Trinajstić information content (AvgIpc) is 3.03. The van der Waals surface area contributed by atoms with E-state index in [0.29, 0.717) is 12.1 Å². The maximum absolute atomic E-state index is 4.31. The molecule has 1 aliphatic rings. The number of rotatable bonds is 4. The molecule has 2 atom stereocenters. The highest BCUT2D eigenvalue weighted by atomic mass is 15.3. The van der Waals surface area contributed by atoms with Crippen LogP contribution in [0.3, 0.4) is 0 Å². The summed E-state index contributed by atoms with van der Waals surface area (Å²) in [5.74, 6) is 0. The molecule has 1 aromatic heterocycles. The molecule has 1 aromatic carbocycles. The van der Waals surface area contributed by atoms with Gasteiger partial charge in [-0.15, -0.1) is 0 Å². The lowest BCUT2D eigenvalue weighted by Gasteiger charge is -2.21. The Morgan fingerprint density at radius 1 is 1.39 bits per heavy atom. The number of nitrogens with one attached hydrogen (secondary N) is 1. The molecule has 0 saturated heterocycles. The molecular formula is C14H18N4. The summed E-state index contributed by atoms with van der Waals surface area (Å²) in [6.07, 6.45) is 5.60. The zero-order valence-electron chi connectivity index (χ0n) is 10.6. The quantitative estimate of drug-likeness (QED) is 0.893. The minimum absolute atomic E-state index is 0.344. The molecule has 3 rings (SSSR count). The summed E-state index contributed by atoms with van der Waals surface area (Å²) >= 11 is 0. The lowest BCUT2D eigenvalue weighted by Crippen LogP contribution is -2.28. The molecule has 4 nitrogen and oxygen atoms in total. The lowest BCUT2D eigenvalue weighted by molar-refractivity contribution is 0.354. The van der Waals surface area contributed by atoms with Crippen LogP contribution in [0.25, 0.3) is 0 Å². The molecule has 0 saturated carbocycles. The van der Waals surface area contributed by atoms with Gasteiger partial charge < -0.3 is 5.32 Å². The van der Waals surface area contributed by atoms with Crippen molar-refractivity contribution in [2.45, 2.75) is 31.8 Å². The van der Waals surface area contributed by atoms with Crippen LogP contribution in [0, 0.1) is 0 Å². The van der Waals surface area contributed by atoms with E-state index >= 15 is 0 Å². The van der Waals surface area contributed by atoms with Gasteiger partial charge in [0.15, 0.2) is 0 Å². The van der Waals surface area contributed by atoms with Crippen LogP contribution in [0.5, 0.6) is 0 Å². The van der Waals surface area contributed by atoms with Gasteiger partial charge in [-0.25, -0.2) is 9.67 Å². The average molecular weight is 242 g/mol. The Hall–Kier alpha value is -1.68. The summed E-state index contributed by atoms with van der Waals surface area (Å²) < 4.78 is 1.98. The van der Waals surface area contributed by atoms with Crippen molar-refractivity contribution in [1.29, 1.82) is 0 Å². The number of hydrogen-bond acceptors (Lipinski definition) is 3. The molecule has 0 aliphatic heterocycles. The first-order valence-corrected chi connectivity index (χ1v) is 6.55. The number of hydrogen-bond donors (Lipinski definition) is 1. The monoisotopic (exact) mass is 242 g/mol. The molecule has 4 heteroatoms. The van der Waals surface area contributed by atoms with Gasteiger partial charge in [0.2, 0.25) is 0 Å². The topological polar surface area (TPSA) is 42.7 Å². The molecule has 1 aliphatic carbocycles. The fraction of sp³-hybridized carbons (Fsp3) is 0.429. The molecule has 94 valence electrons. The highest BCUT2D eigenvalue weighted by Gasteiger charge is 2.33. The van der Waals surface area contributed by atoms with E-state index in [4.69, 9.17) is 0 Å². The Kier molecular flexibility index (Phi) is 3.11. The molecule has 1 heterocycles. The Morgan fingerprint density at radius 3 is 3.06 bits per heavy atom. The van der Waals surface area contributed by atoms with E-state index < -0.39 is 0 Å². The molecule has 1 N–H and O–H groups in total. The third-order valence-corrected chi connectivity index (χ3v) is 3.59. The van der Waals surface area contributed by atoms with Crippen molar-refractivity contribution in [3.8, 4) is 0 Å². The van der Waals surface area contributed by atoms with Crippen LogP contribution >= 0.6 is 0 Å². The second-order valence-electron chi connectivity index (χ2n) is 4.78. The van der Waals surface area contributed by atoms with Gasteiger partial charge in [-0.1, -0.05) is 31.2 Å². The molecule has 2 unspecified atom stereocenters. The van der Waals surface area contributed by atoms with Gasteiger partial charge in [0, 0.05) is 0 Å². The van der Waals surface area contributed by atoms with Crippen molar-refractivity contribution in [2.24, 2.45) is 0 Å². The van der Waals surface area contributed by atoms with Crippen LogP contribution in [0.2, 0.25) is 0 Å². The predicted molar refractivity (Wildman–Crippen MR) is 70.2 cm³/mol. The van der Waals surface area contributed by atoms with E-state index in [0.717, 1.165) is 19.4 Å². The SMILES string of the molecule is CCCNC1c2ccccc2CC1n1cncn1.